The zero-order valence-corrected chi connectivity index (χ0v) is 9.23. The molecule has 1 N–H and O–H groups in total. The summed E-state index contributed by atoms with van der Waals surface area (Å²) >= 11 is 1.76. The number of hydrogen-bond acceptors (Lipinski definition) is 3. The van der Waals surface area contributed by atoms with Crippen LogP contribution in [0.5, 0.6) is 0 Å². The summed E-state index contributed by atoms with van der Waals surface area (Å²) in [6, 6.07) is 0.643. The van der Waals surface area contributed by atoms with Crippen molar-refractivity contribution in [1.82, 2.24) is 10.3 Å². The quantitative estimate of drug-likeness (QED) is 0.759. The number of thiazole rings is 1. The molecule has 13 heavy (non-hydrogen) atoms. The minimum absolute atomic E-state index is 0.643. The first-order chi connectivity index (χ1) is 6.33. The second kappa shape index (κ2) is 6.11. The molecule has 0 bridgehead atoms. The van der Waals surface area contributed by atoms with Crippen molar-refractivity contribution in [2.45, 2.75) is 39.2 Å². The van der Waals surface area contributed by atoms with Crippen LogP contribution in [0.2, 0.25) is 0 Å². The van der Waals surface area contributed by atoms with Crippen LogP contribution >= 0.6 is 11.3 Å². The summed E-state index contributed by atoms with van der Waals surface area (Å²) in [6.45, 7) is 5.46. The van der Waals surface area contributed by atoms with Gasteiger partial charge in [-0.2, -0.15) is 0 Å². The predicted molar refractivity (Wildman–Crippen MR) is 58.2 cm³/mol. The largest absolute Gasteiger partial charge is 0.315 e. The molecule has 0 saturated heterocycles. The zero-order valence-electron chi connectivity index (χ0n) is 8.42. The van der Waals surface area contributed by atoms with Crippen LogP contribution in [-0.4, -0.2) is 17.6 Å². The molecule has 1 rings (SSSR count). The molecule has 0 aliphatic carbocycles. The predicted octanol–water partition coefficient (Wildman–Crippen LogP) is 2.46. The van der Waals surface area contributed by atoms with Crippen molar-refractivity contribution in [3.8, 4) is 0 Å². The third-order valence-electron chi connectivity index (χ3n) is 2.06. The number of rotatable bonds is 6. The highest BCUT2D eigenvalue weighted by molar-refractivity contribution is 7.09. The molecule has 0 fully saturated rings. The van der Waals surface area contributed by atoms with E-state index in [2.05, 4.69) is 24.1 Å². The van der Waals surface area contributed by atoms with Crippen molar-refractivity contribution in [3.05, 3.63) is 16.6 Å². The van der Waals surface area contributed by atoms with Gasteiger partial charge < -0.3 is 5.32 Å². The number of aromatic nitrogens is 1. The zero-order chi connectivity index (χ0) is 9.52. The first-order valence-corrected chi connectivity index (χ1v) is 5.82. The van der Waals surface area contributed by atoms with Gasteiger partial charge in [-0.1, -0.05) is 6.92 Å². The lowest BCUT2D eigenvalue weighted by Crippen LogP contribution is -2.25. The Balaban J connectivity index is 2.07. The van der Waals surface area contributed by atoms with Crippen molar-refractivity contribution < 1.29 is 0 Å². The molecule has 0 amide bonds. The summed E-state index contributed by atoms with van der Waals surface area (Å²) in [5.74, 6) is 0. The third-order valence-corrected chi connectivity index (χ3v) is 2.90. The Morgan fingerprint density at radius 2 is 2.46 bits per heavy atom. The lowest BCUT2D eigenvalue weighted by atomic mass is 10.1. The molecule has 1 heterocycles. The number of aryl methyl sites for hydroxylation is 1. The minimum atomic E-state index is 0.643. The van der Waals surface area contributed by atoms with E-state index in [1.807, 2.05) is 11.6 Å². The molecule has 0 aliphatic rings. The Morgan fingerprint density at radius 1 is 1.62 bits per heavy atom. The molecule has 2 nitrogen and oxygen atoms in total. The van der Waals surface area contributed by atoms with Crippen LogP contribution in [-0.2, 0) is 6.42 Å². The van der Waals surface area contributed by atoms with Gasteiger partial charge in [0, 0.05) is 17.6 Å². The lowest BCUT2D eigenvalue weighted by molar-refractivity contribution is 0.512. The van der Waals surface area contributed by atoms with Gasteiger partial charge in [-0.05, 0) is 32.7 Å². The van der Waals surface area contributed by atoms with Crippen LogP contribution in [0.1, 0.15) is 31.7 Å². The normalized spacial score (nSPS) is 13.1. The van der Waals surface area contributed by atoms with Gasteiger partial charge in [-0.15, -0.1) is 11.3 Å². The van der Waals surface area contributed by atoms with Gasteiger partial charge in [0.05, 0.1) is 5.01 Å². The molecule has 0 spiro atoms. The highest BCUT2D eigenvalue weighted by Crippen LogP contribution is 2.09. The fourth-order valence-electron chi connectivity index (χ4n) is 1.39. The van der Waals surface area contributed by atoms with E-state index in [1.54, 1.807) is 11.3 Å². The third kappa shape index (κ3) is 4.39. The molecule has 1 atom stereocenters. The Bertz CT molecular complexity index is 209. The molecule has 1 aromatic rings. The van der Waals surface area contributed by atoms with Gasteiger partial charge in [0.15, 0.2) is 0 Å². The summed E-state index contributed by atoms with van der Waals surface area (Å²) in [5, 5.41) is 6.72. The van der Waals surface area contributed by atoms with Gasteiger partial charge in [0.1, 0.15) is 0 Å². The van der Waals surface area contributed by atoms with Gasteiger partial charge in [0.2, 0.25) is 0 Å². The molecule has 74 valence electrons. The fourth-order valence-corrected chi connectivity index (χ4v) is 2.05. The molecule has 1 aromatic heterocycles. The Morgan fingerprint density at radius 3 is 3.08 bits per heavy atom. The first kappa shape index (κ1) is 10.7. The van der Waals surface area contributed by atoms with E-state index >= 15 is 0 Å². The van der Waals surface area contributed by atoms with E-state index in [9.17, 15) is 0 Å². The maximum atomic E-state index is 4.26. The van der Waals surface area contributed by atoms with E-state index in [4.69, 9.17) is 0 Å². The molecular weight excluding hydrogens is 180 g/mol. The van der Waals surface area contributed by atoms with Crippen LogP contribution in [0.15, 0.2) is 11.6 Å². The van der Waals surface area contributed by atoms with Crippen LogP contribution in [0, 0.1) is 0 Å². The fraction of sp³-hybridized carbons (Fsp3) is 0.700. The number of nitrogens with one attached hydrogen (secondary N) is 1. The summed E-state index contributed by atoms with van der Waals surface area (Å²) in [7, 11) is 0. The molecule has 0 aliphatic heterocycles. The lowest BCUT2D eigenvalue weighted by Gasteiger charge is -2.10. The van der Waals surface area contributed by atoms with E-state index in [1.165, 1.54) is 17.8 Å². The van der Waals surface area contributed by atoms with Crippen molar-refractivity contribution >= 4 is 11.3 Å². The van der Waals surface area contributed by atoms with Gasteiger partial charge >= 0.3 is 0 Å². The van der Waals surface area contributed by atoms with Gasteiger partial charge in [0.25, 0.3) is 0 Å². The van der Waals surface area contributed by atoms with Gasteiger partial charge in [-0.3, -0.25) is 0 Å². The Hall–Kier alpha value is -0.410. The summed E-state index contributed by atoms with van der Waals surface area (Å²) in [6.07, 6.45) is 5.50. The summed E-state index contributed by atoms with van der Waals surface area (Å²) in [5.41, 5.74) is 0. The van der Waals surface area contributed by atoms with E-state index < -0.39 is 0 Å². The number of nitrogens with zero attached hydrogens (tertiary/aromatic N) is 1. The SMILES string of the molecule is CCNC(C)CCCc1nccs1. The van der Waals surface area contributed by atoms with E-state index in [-0.39, 0.29) is 0 Å². The maximum absolute atomic E-state index is 4.26. The van der Waals surface area contributed by atoms with Crippen LogP contribution < -0.4 is 5.32 Å². The number of hydrogen-bond donors (Lipinski definition) is 1. The molecule has 0 aromatic carbocycles. The maximum Gasteiger partial charge on any atom is 0.0924 e. The Kier molecular flexibility index (Phi) is 5.01. The standard InChI is InChI=1S/C10H18N2S/c1-3-11-9(2)5-4-6-10-12-7-8-13-10/h7-9,11H,3-6H2,1-2H3. The monoisotopic (exact) mass is 198 g/mol. The van der Waals surface area contributed by atoms with Crippen LogP contribution in [0.4, 0.5) is 0 Å². The topological polar surface area (TPSA) is 24.9 Å². The highest BCUT2D eigenvalue weighted by atomic mass is 32.1. The van der Waals surface area contributed by atoms with Crippen molar-refractivity contribution in [3.63, 3.8) is 0 Å². The summed E-state index contributed by atoms with van der Waals surface area (Å²) in [4.78, 5) is 4.26. The van der Waals surface area contributed by atoms with Crippen LogP contribution in [0.3, 0.4) is 0 Å². The molecular formula is C10H18N2S. The Labute approximate surface area is 84.4 Å². The van der Waals surface area contributed by atoms with E-state index in [0.29, 0.717) is 6.04 Å². The average Bonchev–Trinajstić information content (AvgIpc) is 2.57. The van der Waals surface area contributed by atoms with E-state index in [0.717, 1.165) is 13.0 Å². The average molecular weight is 198 g/mol. The minimum Gasteiger partial charge on any atom is -0.315 e. The molecule has 3 heteroatoms. The first-order valence-electron chi connectivity index (χ1n) is 4.94. The highest BCUT2D eigenvalue weighted by Gasteiger charge is 2.00. The molecule has 0 saturated carbocycles. The van der Waals surface area contributed by atoms with Crippen molar-refractivity contribution in [2.75, 3.05) is 6.54 Å². The molecule has 1 unspecified atom stereocenters. The molecule has 0 radical (unpaired) electrons. The smallest absolute Gasteiger partial charge is 0.0924 e. The van der Waals surface area contributed by atoms with Crippen LogP contribution in [0.25, 0.3) is 0 Å². The second-order valence-corrected chi connectivity index (χ2v) is 4.26. The van der Waals surface area contributed by atoms with Gasteiger partial charge in [-0.25, -0.2) is 4.98 Å². The van der Waals surface area contributed by atoms with Crippen molar-refractivity contribution in [1.29, 1.82) is 0 Å². The second-order valence-electron chi connectivity index (χ2n) is 3.28. The van der Waals surface area contributed by atoms with Crippen molar-refractivity contribution in [2.24, 2.45) is 0 Å². The summed E-state index contributed by atoms with van der Waals surface area (Å²) < 4.78 is 0.